The van der Waals surface area contributed by atoms with Gasteiger partial charge in [-0.25, -0.2) is 4.79 Å². The van der Waals surface area contributed by atoms with Crippen LogP contribution in [0.4, 0.5) is 4.79 Å². The molecule has 0 radical (unpaired) electrons. The van der Waals surface area contributed by atoms with Crippen molar-refractivity contribution in [3.8, 4) is 0 Å². The molecule has 0 aromatic rings. The lowest BCUT2D eigenvalue weighted by molar-refractivity contribution is 0.0297. The molecule has 22 heavy (non-hydrogen) atoms. The first-order valence-electron chi connectivity index (χ1n) is 8.71. The number of hydrogen-bond acceptors (Lipinski definition) is 4. The van der Waals surface area contributed by atoms with Crippen LogP contribution in [0.2, 0.25) is 0 Å². The largest absolute Gasteiger partial charge is 0.444 e. The van der Waals surface area contributed by atoms with Gasteiger partial charge in [-0.05, 0) is 72.6 Å². The molecule has 1 aliphatic heterocycles. The van der Waals surface area contributed by atoms with Crippen LogP contribution in [0.5, 0.6) is 0 Å². The van der Waals surface area contributed by atoms with Gasteiger partial charge < -0.3 is 19.9 Å². The zero-order valence-corrected chi connectivity index (χ0v) is 15.2. The van der Waals surface area contributed by atoms with Crippen LogP contribution in [-0.4, -0.2) is 67.3 Å². The number of likely N-dealkylation sites (tertiary alicyclic amines) is 1. The van der Waals surface area contributed by atoms with E-state index in [2.05, 4.69) is 17.1 Å². The molecule has 1 heterocycles. The summed E-state index contributed by atoms with van der Waals surface area (Å²) in [6.07, 6.45) is 4.45. The highest BCUT2D eigenvalue weighted by atomic mass is 16.6. The number of rotatable bonds is 7. The molecule has 0 aliphatic carbocycles. The molecule has 1 aliphatic rings. The molecule has 130 valence electrons. The third kappa shape index (κ3) is 7.99. The summed E-state index contributed by atoms with van der Waals surface area (Å²) in [6.45, 7) is 13.3. The van der Waals surface area contributed by atoms with Crippen molar-refractivity contribution in [1.29, 1.82) is 0 Å². The molecule has 1 N–H and O–H groups in total. The molecular formula is C17H35N3O2. The van der Waals surface area contributed by atoms with Crippen LogP contribution in [0.1, 0.15) is 53.4 Å². The highest BCUT2D eigenvalue weighted by Crippen LogP contribution is 2.11. The van der Waals surface area contributed by atoms with Crippen molar-refractivity contribution < 1.29 is 9.53 Å². The maximum absolute atomic E-state index is 11.8. The summed E-state index contributed by atoms with van der Waals surface area (Å²) in [6, 6.07) is 0.639. The van der Waals surface area contributed by atoms with Crippen LogP contribution >= 0.6 is 0 Å². The number of nitrogens with one attached hydrogen (secondary N) is 1. The summed E-state index contributed by atoms with van der Waals surface area (Å²) >= 11 is 0. The predicted molar refractivity (Wildman–Crippen MR) is 91.2 cm³/mol. The van der Waals surface area contributed by atoms with Gasteiger partial charge >= 0.3 is 6.09 Å². The third-order valence-corrected chi connectivity index (χ3v) is 3.94. The van der Waals surface area contributed by atoms with Crippen LogP contribution in [-0.2, 0) is 4.74 Å². The van der Waals surface area contributed by atoms with E-state index < -0.39 is 5.60 Å². The van der Waals surface area contributed by atoms with Crippen molar-refractivity contribution in [2.45, 2.75) is 65.0 Å². The van der Waals surface area contributed by atoms with E-state index in [0.717, 1.165) is 19.5 Å². The van der Waals surface area contributed by atoms with Gasteiger partial charge in [-0.2, -0.15) is 0 Å². The highest BCUT2D eigenvalue weighted by Gasteiger charge is 2.20. The summed E-state index contributed by atoms with van der Waals surface area (Å²) in [5, 5.41) is 3.62. The molecule has 0 bridgehead atoms. The number of piperidine rings is 1. The van der Waals surface area contributed by atoms with Crippen LogP contribution < -0.4 is 5.32 Å². The van der Waals surface area contributed by atoms with E-state index in [0.29, 0.717) is 6.04 Å². The van der Waals surface area contributed by atoms with Crippen LogP contribution in [0.3, 0.4) is 0 Å². The fourth-order valence-electron chi connectivity index (χ4n) is 2.73. The smallest absolute Gasteiger partial charge is 0.410 e. The first kappa shape index (κ1) is 19.2. The van der Waals surface area contributed by atoms with Gasteiger partial charge in [-0.3, -0.25) is 0 Å². The second kappa shape index (κ2) is 9.36. The summed E-state index contributed by atoms with van der Waals surface area (Å²) in [5.74, 6) is 0. The molecule has 0 spiro atoms. The first-order chi connectivity index (χ1) is 10.3. The zero-order chi connectivity index (χ0) is 16.6. The van der Waals surface area contributed by atoms with Gasteiger partial charge in [0.2, 0.25) is 0 Å². The lowest BCUT2D eigenvalue weighted by atomic mass is 10.0. The predicted octanol–water partition coefficient (Wildman–Crippen LogP) is 2.71. The molecule has 1 fully saturated rings. The van der Waals surface area contributed by atoms with Crippen molar-refractivity contribution in [3.63, 3.8) is 0 Å². The molecule has 0 saturated carbocycles. The highest BCUT2D eigenvalue weighted by molar-refractivity contribution is 5.67. The number of carbonyl (C=O) groups excluding carboxylic acids is 1. The van der Waals surface area contributed by atoms with Crippen LogP contribution in [0.25, 0.3) is 0 Å². The Kier molecular flexibility index (Phi) is 8.18. The SMILES string of the molecule is CCCN1CCC(NCCCN(C)C(=O)OC(C)(C)C)CC1. The molecule has 0 unspecified atom stereocenters. The molecular weight excluding hydrogens is 278 g/mol. The van der Waals surface area contributed by atoms with E-state index in [-0.39, 0.29) is 6.09 Å². The normalized spacial score (nSPS) is 17.5. The number of nitrogens with zero attached hydrogens (tertiary/aromatic N) is 2. The zero-order valence-electron chi connectivity index (χ0n) is 15.2. The van der Waals surface area contributed by atoms with Crippen molar-refractivity contribution >= 4 is 6.09 Å². The Labute approximate surface area is 136 Å². The average molecular weight is 313 g/mol. The minimum absolute atomic E-state index is 0.236. The maximum atomic E-state index is 11.8. The monoisotopic (exact) mass is 313 g/mol. The van der Waals surface area contributed by atoms with E-state index in [4.69, 9.17) is 4.74 Å². The number of amides is 1. The molecule has 0 aromatic heterocycles. The topological polar surface area (TPSA) is 44.8 Å². The number of ether oxygens (including phenoxy) is 1. The maximum Gasteiger partial charge on any atom is 0.410 e. The Bertz CT molecular complexity index is 320. The standard InChI is InChI=1S/C17H35N3O2/c1-6-11-20-13-8-15(9-14-20)18-10-7-12-19(5)16(21)22-17(2,3)4/h15,18H,6-14H2,1-5H3. The van der Waals surface area contributed by atoms with E-state index in [1.807, 2.05) is 20.8 Å². The van der Waals surface area contributed by atoms with Crippen LogP contribution in [0.15, 0.2) is 0 Å². The quantitative estimate of drug-likeness (QED) is 0.734. The molecule has 0 aromatic carbocycles. The first-order valence-corrected chi connectivity index (χ1v) is 8.71. The molecule has 0 atom stereocenters. The molecule has 1 amide bonds. The second-order valence-electron chi connectivity index (χ2n) is 7.33. The van der Waals surface area contributed by atoms with Crippen molar-refractivity contribution in [2.24, 2.45) is 0 Å². The molecule has 1 rings (SSSR count). The summed E-state index contributed by atoms with van der Waals surface area (Å²) in [5.41, 5.74) is -0.421. The minimum Gasteiger partial charge on any atom is -0.444 e. The molecule has 1 saturated heterocycles. The Morgan fingerprint density at radius 1 is 1.32 bits per heavy atom. The van der Waals surface area contributed by atoms with Gasteiger partial charge in [-0.15, -0.1) is 0 Å². The van der Waals surface area contributed by atoms with E-state index >= 15 is 0 Å². The third-order valence-electron chi connectivity index (χ3n) is 3.94. The fraction of sp³-hybridized carbons (Fsp3) is 0.941. The average Bonchev–Trinajstić information content (AvgIpc) is 2.43. The number of carbonyl (C=O) groups is 1. The lowest BCUT2D eigenvalue weighted by Gasteiger charge is -2.32. The van der Waals surface area contributed by atoms with Gasteiger partial charge in [-0.1, -0.05) is 6.92 Å². The van der Waals surface area contributed by atoms with E-state index in [1.165, 1.54) is 38.9 Å². The van der Waals surface area contributed by atoms with Gasteiger partial charge in [0.05, 0.1) is 0 Å². The van der Waals surface area contributed by atoms with Crippen molar-refractivity contribution in [3.05, 3.63) is 0 Å². The van der Waals surface area contributed by atoms with E-state index in [1.54, 1.807) is 11.9 Å². The van der Waals surface area contributed by atoms with Crippen molar-refractivity contribution in [1.82, 2.24) is 15.1 Å². The van der Waals surface area contributed by atoms with Gasteiger partial charge in [0, 0.05) is 19.6 Å². The second-order valence-corrected chi connectivity index (χ2v) is 7.33. The van der Waals surface area contributed by atoms with E-state index in [9.17, 15) is 4.79 Å². The number of hydrogen-bond donors (Lipinski definition) is 1. The fourth-order valence-corrected chi connectivity index (χ4v) is 2.73. The molecule has 5 heteroatoms. The lowest BCUT2D eigenvalue weighted by Crippen LogP contribution is -2.43. The van der Waals surface area contributed by atoms with Gasteiger partial charge in [0.1, 0.15) is 5.60 Å². The summed E-state index contributed by atoms with van der Waals surface area (Å²) < 4.78 is 5.34. The Balaban J connectivity index is 2.09. The van der Waals surface area contributed by atoms with Gasteiger partial charge in [0.25, 0.3) is 0 Å². The minimum atomic E-state index is -0.421. The Hall–Kier alpha value is -0.810. The Morgan fingerprint density at radius 2 is 1.95 bits per heavy atom. The Morgan fingerprint density at radius 3 is 2.50 bits per heavy atom. The van der Waals surface area contributed by atoms with Crippen molar-refractivity contribution in [2.75, 3.05) is 39.8 Å². The molecule has 5 nitrogen and oxygen atoms in total. The summed E-state index contributed by atoms with van der Waals surface area (Å²) in [7, 11) is 1.80. The summed E-state index contributed by atoms with van der Waals surface area (Å²) in [4.78, 5) is 16.0. The van der Waals surface area contributed by atoms with Gasteiger partial charge in [0.15, 0.2) is 0 Å². The van der Waals surface area contributed by atoms with Crippen LogP contribution in [0, 0.1) is 0 Å².